The second-order valence-corrected chi connectivity index (χ2v) is 5.87. The molecular weight excluding hydrogens is 321 g/mol. The van der Waals surface area contributed by atoms with Crippen LogP contribution in [0.5, 0.6) is 0 Å². The van der Waals surface area contributed by atoms with Gasteiger partial charge < -0.3 is 20.4 Å². The molecule has 0 aliphatic heterocycles. The van der Waals surface area contributed by atoms with Gasteiger partial charge in [-0.05, 0) is 12.8 Å². The fourth-order valence-corrected chi connectivity index (χ4v) is 2.24. The number of unbranched alkanes of at least 4 members (excludes halogenated alkanes) is 9. The Kier molecular flexibility index (Phi) is 21.1. The van der Waals surface area contributed by atoms with Crippen LogP contribution in [-0.4, -0.2) is 24.6 Å². The summed E-state index contributed by atoms with van der Waals surface area (Å²) in [4.78, 5) is 21.7. The first-order chi connectivity index (χ1) is 10.6. The molecule has 23 heavy (non-hydrogen) atoms. The maximum absolute atomic E-state index is 11.3. The van der Waals surface area contributed by atoms with Gasteiger partial charge in [0.25, 0.3) is 0 Å². The molecule has 2 N–H and O–H groups in total. The van der Waals surface area contributed by atoms with Crippen molar-refractivity contribution in [2.75, 3.05) is 6.61 Å². The van der Waals surface area contributed by atoms with Gasteiger partial charge in [0.2, 0.25) is 0 Å². The van der Waals surface area contributed by atoms with Crippen molar-refractivity contribution in [3.63, 3.8) is 0 Å². The summed E-state index contributed by atoms with van der Waals surface area (Å²) in [6.45, 7) is 2.64. The molecule has 5 nitrogen and oxygen atoms in total. The molecule has 0 fully saturated rings. The van der Waals surface area contributed by atoms with Crippen molar-refractivity contribution in [3.8, 4) is 0 Å². The molecule has 0 unspecified atom stereocenters. The number of esters is 1. The molecule has 0 aliphatic carbocycles. The number of hydrogen-bond acceptors (Lipinski definition) is 5. The van der Waals surface area contributed by atoms with E-state index in [2.05, 4.69) is 6.92 Å². The number of hydrogen-bond donors (Lipinski definition) is 1. The van der Waals surface area contributed by atoms with Gasteiger partial charge in [-0.15, -0.1) is 0 Å². The third kappa shape index (κ3) is 18.7. The second kappa shape index (κ2) is 18.9. The zero-order valence-electron chi connectivity index (χ0n) is 15.0. The van der Waals surface area contributed by atoms with Crippen LogP contribution in [0.25, 0.3) is 0 Å². The summed E-state index contributed by atoms with van der Waals surface area (Å²) in [5.74, 6) is -1.71. The summed E-state index contributed by atoms with van der Waals surface area (Å²) in [7, 11) is 0. The Morgan fingerprint density at radius 1 is 0.957 bits per heavy atom. The summed E-state index contributed by atoms with van der Waals surface area (Å²) >= 11 is 0. The van der Waals surface area contributed by atoms with Gasteiger partial charge >= 0.3 is 57.4 Å². The minimum absolute atomic E-state index is 0. The molecule has 130 valence electrons. The molecule has 0 rings (SSSR count). The zero-order valence-corrected chi connectivity index (χ0v) is 18.1. The van der Waals surface area contributed by atoms with E-state index in [-0.39, 0.29) is 70.2 Å². The van der Waals surface area contributed by atoms with Crippen LogP contribution >= 0.6 is 0 Å². The molecule has 0 radical (unpaired) electrons. The van der Waals surface area contributed by atoms with Crippen molar-refractivity contribution in [3.05, 3.63) is 0 Å². The standard InChI is InChI=1S/C17H33NO4.K/c1-2-3-4-5-6-7-8-9-10-11-14-22-16(19)13-12-15(18)17(20)21;/h15H,2-14,18H2,1H3,(H,20,21);/q;+1/p-1/t15-;/m0./s1. The van der Waals surface area contributed by atoms with Gasteiger partial charge in [0.15, 0.2) is 0 Å². The van der Waals surface area contributed by atoms with E-state index in [4.69, 9.17) is 10.5 Å². The van der Waals surface area contributed by atoms with Crippen molar-refractivity contribution >= 4 is 11.9 Å². The van der Waals surface area contributed by atoms with Gasteiger partial charge in [0, 0.05) is 12.5 Å². The summed E-state index contributed by atoms with van der Waals surface area (Å²) < 4.78 is 5.04. The van der Waals surface area contributed by atoms with Crippen LogP contribution in [0.15, 0.2) is 0 Å². The monoisotopic (exact) mass is 353 g/mol. The van der Waals surface area contributed by atoms with Crippen molar-refractivity contribution in [2.45, 2.75) is 90.0 Å². The first kappa shape index (κ1) is 25.8. The van der Waals surface area contributed by atoms with Crippen LogP contribution in [0.3, 0.4) is 0 Å². The Morgan fingerprint density at radius 2 is 1.43 bits per heavy atom. The average Bonchev–Trinajstić information content (AvgIpc) is 2.50. The minimum Gasteiger partial charge on any atom is -0.548 e. The molecule has 0 aromatic heterocycles. The SMILES string of the molecule is CCCCCCCCCCCCOC(=O)CC[C@H](N)C(=O)[O-].[K+]. The van der Waals surface area contributed by atoms with Crippen molar-refractivity contribution in [2.24, 2.45) is 5.73 Å². The van der Waals surface area contributed by atoms with E-state index >= 15 is 0 Å². The van der Waals surface area contributed by atoms with Gasteiger partial charge in [-0.1, -0.05) is 64.7 Å². The molecule has 0 saturated heterocycles. The summed E-state index contributed by atoms with van der Waals surface area (Å²) in [5.41, 5.74) is 5.26. The van der Waals surface area contributed by atoms with Gasteiger partial charge in [-0.3, -0.25) is 4.79 Å². The van der Waals surface area contributed by atoms with Crippen molar-refractivity contribution in [1.29, 1.82) is 0 Å². The molecule has 0 heterocycles. The van der Waals surface area contributed by atoms with Gasteiger partial charge in [-0.25, -0.2) is 0 Å². The Bertz CT molecular complexity index is 300. The van der Waals surface area contributed by atoms with Crippen LogP contribution in [0.4, 0.5) is 0 Å². The number of carbonyl (C=O) groups is 2. The first-order valence-corrected chi connectivity index (χ1v) is 8.70. The van der Waals surface area contributed by atoms with E-state index in [0.717, 1.165) is 12.8 Å². The topological polar surface area (TPSA) is 92.5 Å². The Hall–Kier alpha value is 0.536. The van der Waals surface area contributed by atoms with Gasteiger partial charge in [0.05, 0.1) is 12.6 Å². The molecule has 0 amide bonds. The van der Waals surface area contributed by atoms with Crippen LogP contribution in [0.2, 0.25) is 0 Å². The van der Waals surface area contributed by atoms with E-state index in [1.54, 1.807) is 0 Å². The molecule has 0 aromatic carbocycles. The van der Waals surface area contributed by atoms with E-state index in [9.17, 15) is 14.7 Å². The molecule has 0 spiro atoms. The second-order valence-electron chi connectivity index (χ2n) is 5.87. The van der Waals surface area contributed by atoms with Crippen LogP contribution in [0.1, 0.15) is 84.0 Å². The largest absolute Gasteiger partial charge is 1.00 e. The fourth-order valence-electron chi connectivity index (χ4n) is 2.24. The van der Waals surface area contributed by atoms with E-state index in [0.29, 0.717) is 6.61 Å². The maximum atomic E-state index is 11.3. The Balaban J connectivity index is 0. The molecule has 0 bridgehead atoms. The third-order valence-electron chi connectivity index (χ3n) is 3.72. The minimum atomic E-state index is -1.33. The summed E-state index contributed by atoms with van der Waals surface area (Å²) in [6, 6.07) is -1.09. The zero-order chi connectivity index (χ0) is 16.6. The van der Waals surface area contributed by atoms with E-state index in [1.165, 1.54) is 51.4 Å². The number of carboxylic acids is 1. The quantitative estimate of drug-likeness (QED) is 0.239. The molecule has 0 aromatic rings. The average molecular weight is 354 g/mol. The molecular formula is C17H32KNO4. The summed E-state index contributed by atoms with van der Waals surface area (Å²) in [6.07, 6.45) is 12.4. The Morgan fingerprint density at radius 3 is 1.91 bits per heavy atom. The Labute approximate surface area is 183 Å². The van der Waals surface area contributed by atoms with Gasteiger partial charge in [-0.2, -0.15) is 0 Å². The number of carbonyl (C=O) groups excluding carboxylic acids is 2. The van der Waals surface area contributed by atoms with Crippen LogP contribution < -0.4 is 62.2 Å². The molecule has 1 atom stereocenters. The third-order valence-corrected chi connectivity index (χ3v) is 3.72. The van der Waals surface area contributed by atoms with Gasteiger partial charge in [0.1, 0.15) is 0 Å². The van der Waals surface area contributed by atoms with Crippen LogP contribution in [0, 0.1) is 0 Å². The number of aliphatic carboxylic acids is 1. The van der Waals surface area contributed by atoms with Crippen molar-refractivity contribution < 1.29 is 70.8 Å². The van der Waals surface area contributed by atoms with E-state index < -0.39 is 12.0 Å². The van der Waals surface area contributed by atoms with Crippen LogP contribution in [-0.2, 0) is 14.3 Å². The molecule has 6 heteroatoms. The first-order valence-electron chi connectivity index (χ1n) is 8.70. The smallest absolute Gasteiger partial charge is 0.548 e. The number of rotatable bonds is 15. The summed E-state index contributed by atoms with van der Waals surface area (Å²) in [5, 5.41) is 10.4. The fraction of sp³-hybridized carbons (Fsp3) is 0.882. The maximum Gasteiger partial charge on any atom is 1.00 e. The number of ether oxygens (including phenoxy) is 1. The number of carboxylic acid groups (broad SMARTS) is 1. The van der Waals surface area contributed by atoms with Crippen molar-refractivity contribution in [1.82, 2.24) is 0 Å². The predicted molar refractivity (Wildman–Crippen MR) is 85.0 cm³/mol. The molecule has 0 aliphatic rings. The predicted octanol–water partition coefficient (Wildman–Crippen LogP) is -0.688. The normalized spacial score (nSPS) is 11.6. The molecule has 0 saturated carbocycles. The number of nitrogens with two attached hydrogens (primary N) is 1. The van der Waals surface area contributed by atoms with E-state index in [1.807, 2.05) is 0 Å².